The Hall–Kier alpha value is -3.54. The number of aliphatic hydroxyl groups excluding tert-OH is 1. The van der Waals surface area contributed by atoms with Gasteiger partial charge in [0.15, 0.2) is 5.82 Å². The zero-order valence-corrected chi connectivity index (χ0v) is 17.7. The van der Waals surface area contributed by atoms with E-state index in [1.54, 1.807) is 29.2 Å². The number of benzene rings is 1. The molecule has 1 aliphatic heterocycles. The highest BCUT2D eigenvalue weighted by atomic mass is 16.5. The molecule has 0 spiro atoms. The summed E-state index contributed by atoms with van der Waals surface area (Å²) in [6.07, 6.45) is 6.81. The second-order valence-corrected chi connectivity index (χ2v) is 8.34. The van der Waals surface area contributed by atoms with E-state index in [1.165, 1.54) is 0 Å². The Bertz CT molecular complexity index is 1240. The normalized spacial score (nSPS) is 15.8. The van der Waals surface area contributed by atoms with E-state index >= 15 is 0 Å². The van der Waals surface area contributed by atoms with Gasteiger partial charge in [0.1, 0.15) is 12.7 Å². The van der Waals surface area contributed by atoms with Gasteiger partial charge in [-0.2, -0.15) is 10.4 Å². The summed E-state index contributed by atoms with van der Waals surface area (Å²) >= 11 is 0. The molecule has 3 heterocycles. The molecule has 1 aliphatic carbocycles. The van der Waals surface area contributed by atoms with Crippen molar-refractivity contribution in [2.24, 2.45) is 0 Å². The largest absolute Gasteiger partial charge is 0.457 e. The standard InChI is InChI=1S/C24H23N5O3/c1-14-18(4-5-19-21(14)13-32-24(19)31)22(30)11-26-8-15-9-28-29(12-15)23-6-20(16-2-3-16)17(7-25)10-27-23/h4-6,9-10,12,16,22,26,30H,2-3,8,11,13H2,1H3. The van der Waals surface area contributed by atoms with Crippen LogP contribution in [0.2, 0.25) is 0 Å². The maximum Gasteiger partial charge on any atom is 0.338 e. The minimum atomic E-state index is -0.702. The second kappa shape index (κ2) is 8.19. The lowest BCUT2D eigenvalue weighted by Crippen LogP contribution is -2.21. The Balaban J connectivity index is 1.22. The SMILES string of the molecule is Cc1c(C(O)CNCc2cnn(-c3cc(C4CC4)c(C#N)cn3)c2)ccc2c1COC2=O. The van der Waals surface area contributed by atoms with Crippen molar-refractivity contribution in [1.82, 2.24) is 20.1 Å². The topological polar surface area (TPSA) is 113 Å². The van der Waals surface area contributed by atoms with E-state index in [0.29, 0.717) is 36.0 Å². The maximum atomic E-state index is 11.7. The molecule has 2 N–H and O–H groups in total. The summed E-state index contributed by atoms with van der Waals surface area (Å²) in [6.45, 7) is 3.07. The molecule has 2 aliphatic rings. The van der Waals surface area contributed by atoms with Crippen LogP contribution in [-0.2, 0) is 17.9 Å². The van der Waals surface area contributed by atoms with Crippen LogP contribution >= 0.6 is 0 Å². The van der Waals surface area contributed by atoms with Crippen LogP contribution in [0.5, 0.6) is 0 Å². The van der Waals surface area contributed by atoms with Crippen LogP contribution in [0.15, 0.2) is 36.8 Å². The Morgan fingerprint density at radius 3 is 3.00 bits per heavy atom. The molecule has 0 radical (unpaired) electrons. The first-order valence-electron chi connectivity index (χ1n) is 10.7. The number of hydrogen-bond donors (Lipinski definition) is 2. The molecule has 32 heavy (non-hydrogen) atoms. The molecule has 1 unspecified atom stereocenters. The number of aromatic nitrogens is 3. The third-order valence-electron chi connectivity index (χ3n) is 6.16. The van der Waals surface area contributed by atoms with E-state index in [4.69, 9.17) is 4.74 Å². The number of pyridine rings is 1. The fraction of sp³-hybridized carbons (Fsp3) is 0.333. The molecule has 2 aromatic heterocycles. The van der Waals surface area contributed by atoms with Gasteiger partial charge in [-0.25, -0.2) is 14.5 Å². The third kappa shape index (κ3) is 3.77. The molecule has 0 amide bonds. The first kappa shape index (κ1) is 20.4. The fourth-order valence-electron chi connectivity index (χ4n) is 4.18. The van der Waals surface area contributed by atoms with Crippen LogP contribution < -0.4 is 5.32 Å². The second-order valence-electron chi connectivity index (χ2n) is 8.34. The van der Waals surface area contributed by atoms with Crippen molar-refractivity contribution in [3.63, 3.8) is 0 Å². The Morgan fingerprint density at radius 1 is 1.38 bits per heavy atom. The highest BCUT2D eigenvalue weighted by Gasteiger charge is 2.27. The number of carbonyl (C=O) groups excluding carboxylic acids is 1. The zero-order valence-electron chi connectivity index (χ0n) is 17.7. The number of nitrogens with zero attached hydrogens (tertiary/aromatic N) is 4. The smallest absolute Gasteiger partial charge is 0.338 e. The fourth-order valence-corrected chi connectivity index (χ4v) is 4.18. The summed E-state index contributed by atoms with van der Waals surface area (Å²) in [5, 5.41) is 27.6. The minimum absolute atomic E-state index is 0.263. The van der Waals surface area contributed by atoms with Crippen molar-refractivity contribution in [2.45, 2.75) is 44.9 Å². The molecule has 1 atom stereocenters. The molecular formula is C24H23N5O3. The van der Waals surface area contributed by atoms with Crippen LogP contribution in [0, 0.1) is 18.3 Å². The van der Waals surface area contributed by atoms with Gasteiger partial charge >= 0.3 is 5.97 Å². The van der Waals surface area contributed by atoms with Crippen LogP contribution in [-0.4, -0.2) is 32.4 Å². The molecule has 1 saturated carbocycles. The summed E-state index contributed by atoms with van der Waals surface area (Å²) in [5.41, 5.74) is 5.77. The number of rotatable bonds is 7. The summed E-state index contributed by atoms with van der Waals surface area (Å²) in [7, 11) is 0. The van der Waals surface area contributed by atoms with Gasteiger partial charge < -0.3 is 15.2 Å². The maximum absolute atomic E-state index is 11.7. The third-order valence-corrected chi connectivity index (χ3v) is 6.16. The number of aliphatic hydroxyl groups is 1. The average molecular weight is 429 g/mol. The van der Waals surface area contributed by atoms with E-state index in [1.807, 2.05) is 19.2 Å². The van der Waals surface area contributed by atoms with Crippen LogP contribution in [0.1, 0.15) is 68.6 Å². The monoisotopic (exact) mass is 429 g/mol. The minimum Gasteiger partial charge on any atom is -0.457 e. The molecule has 5 rings (SSSR count). The predicted octanol–water partition coefficient (Wildman–Crippen LogP) is 2.82. The molecule has 1 fully saturated rings. The number of fused-ring (bicyclic) bond motifs is 1. The summed E-state index contributed by atoms with van der Waals surface area (Å²) in [4.78, 5) is 16.1. The highest BCUT2D eigenvalue weighted by Crippen LogP contribution is 2.41. The van der Waals surface area contributed by atoms with Gasteiger partial charge in [-0.05, 0) is 54.5 Å². The van der Waals surface area contributed by atoms with Gasteiger partial charge in [0, 0.05) is 36.6 Å². The van der Waals surface area contributed by atoms with E-state index in [-0.39, 0.29) is 12.6 Å². The molecule has 0 saturated heterocycles. The van der Waals surface area contributed by atoms with Crippen LogP contribution in [0.4, 0.5) is 0 Å². The predicted molar refractivity (Wildman–Crippen MR) is 115 cm³/mol. The number of esters is 1. The Morgan fingerprint density at radius 2 is 2.22 bits per heavy atom. The van der Waals surface area contributed by atoms with Crippen LogP contribution in [0.25, 0.3) is 5.82 Å². The Kier molecular flexibility index (Phi) is 5.21. The number of nitrogens with one attached hydrogen (secondary N) is 1. The van der Waals surface area contributed by atoms with Crippen molar-refractivity contribution in [3.05, 3.63) is 75.7 Å². The molecular weight excluding hydrogens is 406 g/mol. The Labute approximate surface area is 185 Å². The van der Waals surface area contributed by atoms with Crippen molar-refractivity contribution in [1.29, 1.82) is 5.26 Å². The van der Waals surface area contributed by atoms with Gasteiger partial charge in [-0.3, -0.25) is 0 Å². The lowest BCUT2D eigenvalue weighted by atomic mass is 9.95. The average Bonchev–Trinajstić information content (AvgIpc) is 3.43. The molecule has 8 heteroatoms. The van der Waals surface area contributed by atoms with Crippen molar-refractivity contribution >= 4 is 5.97 Å². The van der Waals surface area contributed by atoms with E-state index in [0.717, 1.165) is 40.7 Å². The lowest BCUT2D eigenvalue weighted by Gasteiger charge is -2.16. The molecule has 3 aromatic rings. The quantitative estimate of drug-likeness (QED) is 0.555. The summed E-state index contributed by atoms with van der Waals surface area (Å²) < 4.78 is 6.80. The number of nitriles is 1. The highest BCUT2D eigenvalue weighted by molar-refractivity contribution is 5.93. The van der Waals surface area contributed by atoms with Gasteiger partial charge in [0.2, 0.25) is 0 Å². The van der Waals surface area contributed by atoms with E-state index in [2.05, 4.69) is 21.5 Å². The van der Waals surface area contributed by atoms with E-state index < -0.39 is 6.10 Å². The summed E-state index contributed by atoms with van der Waals surface area (Å²) in [5.74, 6) is 0.847. The molecule has 8 nitrogen and oxygen atoms in total. The van der Waals surface area contributed by atoms with Gasteiger partial charge in [0.25, 0.3) is 0 Å². The van der Waals surface area contributed by atoms with Crippen molar-refractivity contribution < 1.29 is 14.6 Å². The number of hydrogen-bond acceptors (Lipinski definition) is 7. The lowest BCUT2D eigenvalue weighted by molar-refractivity contribution is 0.0535. The zero-order chi connectivity index (χ0) is 22.2. The molecule has 162 valence electrons. The number of cyclic esters (lactones) is 1. The summed E-state index contributed by atoms with van der Waals surface area (Å²) in [6, 6.07) is 7.69. The van der Waals surface area contributed by atoms with E-state index in [9.17, 15) is 15.2 Å². The number of carbonyl (C=O) groups is 1. The molecule has 0 bridgehead atoms. The first-order chi connectivity index (χ1) is 15.5. The van der Waals surface area contributed by atoms with Crippen LogP contribution in [0.3, 0.4) is 0 Å². The molecule has 1 aromatic carbocycles. The first-order valence-corrected chi connectivity index (χ1v) is 10.7. The van der Waals surface area contributed by atoms with Crippen molar-refractivity contribution in [3.8, 4) is 11.9 Å². The van der Waals surface area contributed by atoms with Gasteiger partial charge in [-0.1, -0.05) is 6.07 Å². The van der Waals surface area contributed by atoms with Crippen molar-refractivity contribution in [2.75, 3.05) is 6.54 Å². The van der Waals surface area contributed by atoms with Gasteiger partial charge in [0.05, 0.1) is 23.4 Å². The van der Waals surface area contributed by atoms with Gasteiger partial charge in [-0.15, -0.1) is 0 Å². The number of ether oxygens (including phenoxy) is 1.